The predicted octanol–water partition coefficient (Wildman–Crippen LogP) is 1.32. The molecule has 3 aliphatic rings. The molecular weight excluding hydrogens is 256 g/mol. The molecule has 1 saturated heterocycles. The van der Waals surface area contributed by atoms with Gasteiger partial charge in [-0.2, -0.15) is 0 Å². The Hall–Kier alpha value is -1.10. The van der Waals surface area contributed by atoms with Gasteiger partial charge in [-0.3, -0.25) is 14.5 Å². The molecule has 1 heterocycles. The minimum atomic E-state index is -0.763. The summed E-state index contributed by atoms with van der Waals surface area (Å²) in [6.07, 6.45) is 7.45. The zero-order chi connectivity index (χ0) is 14.3. The third-order valence-corrected chi connectivity index (χ3v) is 5.31. The van der Waals surface area contributed by atoms with Gasteiger partial charge in [-0.25, -0.2) is 0 Å². The van der Waals surface area contributed by atoms with Gasteiger partial charge in [0.2, 0.25) is 5.91 Å². The Bertz CT molecular complexity index is 408. The van der Waals surface area contributed by atoms with Gasteiger partial charge in [0, 0.05) is 19.1 Å². The Labute approximate surface area is 119 Å². The van der Waals surface area contributed by atoms with E-state index in [9.17, 15) is 14.7 Å². The van der Waals surface area contributed by atoms with Crippen LogP contribution in [0.15, 0.2) is 0 Å². The summed E-state index contributed by atoms with van der Waals surface area (Å²) in [6.45, 7) is 0.283. The molecule has 0 bridgehead atoms. The second kappa shape index (κ2) is 5.35. The highest BCUT2D eigenvalue weighted by molar-refractivity contribution is 5.80. The van der Waals surface area contributed by atoms with E-state index in [2.05, 4.69) is 0 Å². The van der Waals surface area contributed by atoms with E-state index in [4.69, 9.17) is 0 Å². The van der Waals surface area contributed by atoms with E-state index in [1.807, 2.05) is 16.8 Å². The van der Waals surface area contributed by atoms with Gasteiger partial charge in [0.05, 0.1) is 6.54 Å². The molecule has 0 unspecified atom stereocenters. The molecule has 0 aromatic rings. The van der Waals surface area contributed by atoms with Crippen molar-refractivity contribution in [3.8, 4) is 0 Å². The lowest BCUT2D eigenvalue weighted by Gasteiger charge is -2.33. The van der Waals surface area contributed by atoms with Gasteiger partial charge in [-0.05, 0) is 38.0 Å². The molecule has 1 N–H and O–H groups in total. The van der Waals surface area contributed by atoms with Crippen LogP contribution in [-0.2, 0) is 9.59 Å². The van der Waals surface area contributed by atoms with E-state index in [0.717, 1.165) is 38.5 Å². The molecule has 2 aliphatic carbocycles. The molecule has 0 aromatic carbocycles. The Balaban J connectivity index is 1.70. The number of nitrogens with zero attached hydrogens (tertiary/aromatic N) is 2. The van der Waals surface area contributed by atoms with Crippen LogP contribution in [0.4, 0.5) is 0 Å². The second-order valence-corrected chi connectivity index (χ2v) is 6.61. The maximum absolute atomic E-state index is 12.3. The van der Waals surface area contributed by atoms with Crippen molar-refractivity contribution >= 4 is 11.9 Å². The third-order valence-electron chi connectivity index (χ3n) is 5.31. The smallest absolute Gasteiger partial charge is 0.320 e. The number of carboxylic acids is 1. The molecule has 5 heteroatoms. The lowest BCUT2D eigenvalue weighted by Crippen LogP contribution is -2.48. The molecule has 0 aromatic heterocycles. The Morgan fingerprint density at radius 1 is 1.20 bits per heavy atom. The van der Waals surface area contributed by atoms with Crippen molar-refractivity contribution in [2.45, 2.75) is 63.1 Å². The van der Waals surface area contributed by atoms with Crippen LogP contribution in [0.5, 0.6) is 0 Å². The van der Waals surface area contributed by atoms with E-state index < -0.39 is 12.0 Å². The van der Waals surface area contributed by atoms with Crippen LogP contribution in [-0.4, -0.2) is 58.5 Å². The number of amides is 1. The minimum Gasteiger partial charge on any atom is -0.480 e. The Morgan fingerprint density at radius 3 is 2.55 bits per heavy atom. The van der Waals surface area contributed by atoms with Crippen LogP contribution in [0.25, 0.3) is 0 Å². The van der Waals surface area contributed by atoms with Crippen molar-refractivity contribution in [2.75, 3.05) is 13.6 Å². The molecule has 2 saturated carbocycles. The van der Waals surface area contributed by atoms with E-state index in [-0.39, 0.29) is 12.5 Å². The number of aliphatic carboxylic acids is 1. The second-order valence-electron chi connectivity index (χ2n) is 6.61. The van der Waals surface area contributed by atoms with Crippen LogP contribution in [0, 0.1) is 5.92 Å². The summed E-state index contributed by atoms with van der Waals surface area (Å²) in [7, 11) is 1.85. The Morgan fingerprint density at radius 2 is 1.90 bits per heavy atom. The van der Waals surface area contributed by atoms with Crippen LogP contribution < -0.4 is 0 Å². The van der Waals surface area contributed by atoms with Gasteiger partial charge in [0.25, 0.3) is 0 Å². The summed E-state index contributed by atoms with van der Waals surface area (Å²) >= 11 is 0. The number of likely N-dealkylation sites (tertiary alicyclic amines) is 1. The monoisotopic (exact) mass is 280 g/mol. The topological polar surface area (TPSA) is 60.9 Å². The van der Waals surface area contributed by atoms with Gasteiger partial charge < -0.3 is 10.0 Å². The first kappa shape index (κ1) is 13.9. The molecule has 3 rings (SSSR count). The largest absolute Gasteiger partial charge is 0.480 e. The van der Waals surface area contributed by atoms with Crippen molar-refractivity contribution < 1.29 is 14.7 Å². The number of likely N-dealkylation sites (N-methyl/N-ethyl adjacent to an activating group) is 1. The number of hydrogen-bond acceptors (Lipinski definition) is 3. The maximum Gasteiger partial charge on any atom is 0.320 e. The summed E-state index contributed by atoms with van der Waals surface area (Å²) < 4.78 is 0. The zero-order valence-electron chi connectivity index (χ0n) is 12.1. The fourth-order valence-electron chi connectivity index (χ4n) is 3.96. The van der Waals surface area contributed by atoms with Crippen molar-refractivity contribution in [1.82, 2.24) is 9.80 Å². The van der Waals surface area contributed by atoms with Crippen LogP contribution in [0.1, 0.15) is 44.9 Å². The fourth-order valence-corrected chi connectivity index (χ4v) is 3.96. The van der Waals surface area contributed by atoms with Crippen LogP contribution >= 0.6 is 0 Å². The molecule has 1 amide bonds. The molecule has 0 radical (unpaired) electrons. The molecule has 0 spiro atoms. The molecule has 1 aliphatic heterocycles. The SMILES string of the molecule is CN(C(=O)CN1[C@H](C(=O)O)C[C@@H]2CCCC[C@@H]21)C1CC1. The van der Waals surface area contributed by atoms with Crippen molar-refractivity contribution in [3.63, 3.8) is 0 Å². The van der Waals surface area contributed by atoms with Crippen LogP contribution in [0.3, 0.4) is 0 Å². The van der Waals surface area contributed by atoms with Gasteiger partial charge in [-0.1, -0.05) is 12.8 Å². The number of fused-ring (bicyclic) bond motifs is 1. The number of carbonyl (C=O) groups is 2. The Kier molecular flexibility index (Phi) is 3.71. The molecule has 20 heavy (non-hydrogen) atoms. The van der Waals surface area contributed by atoms with Crippen molar-refractivity contribution in [1.29, 1.82) is 0 Å². The summed E-state index contributed by atoms with van der Waals surface area (Å²) in [5, 5.41) is 9.44. The normalized spacial score (nSPS) is 33.8. The maximum atomic E-state index is 12.3. The van der Waals surface area contributed by atoms with E-state index in [0.29, 0.717) is 18.0 Å². The first-order chi connectivity index (χ1) is 9.58. The third kappa shape index (κ3) is 2.55. The van der Waals surface area contributed by atoms with E-state index >= 15 is 0 Å². The van der Waals surface area contributed by atoms with Gasteiger partial charge >= 0.3 is 5.97 Å². The fraction of sp³-hybridized carbons (Fsp3) is 0.867. The number of carbonyl (C=O) groups excluding carboxylic acids is 1. The minimum absolute atomic E-state index is 0.0879. The number of carboxylic acid groups (broad SMARTS) is 1. The molecule has 5 nitrogen and oxygen atoms in total. The molecule has 3 atom stereocenters. The lowest BCUT2D eigenvalue weighted by atomic mass is 9.85. The predicted molar refractivity (Wildman–Crippen MR) is 74.3 cm³/mol. The van der Waals surface area contributed by atoms with E-state index in [1.54, 1.807) is 0 Å². The average Bonchev–Trinajstić information content (AvgIpc) is 3.21. The summed E-state index contributed by atoms with van der Waals surface area (Å²) in [6, 6.07) is 0.247. The quantitative estimate of drug-likeness (QED) is 0.844. The van der Waals surface area contributed by atoms with Crippen molar-refractivity contribution in [2.24, 2.45) is 5.92 Å². The summed E-state index contributed by atoms with van der Waals surface area (Å²) in [5.74, 6) is -0.199. The number of hydrogen-bond donors (Lipinski definition) is 1. The summed E-state index contributed by atoms with van der Waals surface area (Å²) in [5.41, 5.74) is 0. The highest BCUT2D eigenvalue weighted by Gasteiger charge is 2.46. The van der Waals surface area contributed by atoms with Gasteiger partial charge in [0.15, 0.2) is 0 Å². The highest BCUT2D eigenvalue weighted by Crippen LogP contribution is 2.39. The summed E-state index contributed by atoms with van der Waals surface area (Å²) in [4.78, 5) is 27.6. The molecular formula is C15H24N2O3. The van der Waals surface area contributed by atoms with Gasteiger partial charge in [0.1, 0.15) is 6.04 Å². The number of rotatable bonds is 4. The standard InChI is InChI=1S/C15H24N2O3/c1-16(11-6-7-11)14(18)9-17-12-5-3-2-4-10(12)8-13(17)15(19)20/h10-13H,2-9H2,1H3,(H,19,20)/t10-,12-,13-/m0/s1. The molecule has 3 fully saturated rings. The molecule has 112 valence electrons. The van der Waals surface area contributed by atoms with E-state index in [1.165, 1.54) is 6.42 Å². The van der Waals surface area contributed by atoms with Gasteiger partial charge in [-0.15, -0.1) is 0 Å². The lowest BCUT2D eigenvalue weighted by molar-refractivity contribution is -0.144. The van der Waals surface area contributed by atoms with Crippen molar-refractivity contribution in [3.05, 3.63) is 0 Å². The highest BCUT2D eigenvalue weighted by atomic mass is 16.4. The zero-order valence-corrected chi connectivity index (χ0v) is 12.1. The van der Waals surface area contributed by atoms with Crippen LogP contribution in [0.2, 0.25) is 0 Å². The average molecular weight is 280 g/mol. The first-order valence-electron chi connectivity index (χ1n) is 7.82. The first-order valence-corrected chi connectivity index (χ1v) is 7.82.